The molecule has 0 spiro atoms. The number of aromatic nitrogens is 1. The lowest BCUT2D eigenvalue weighted by atomic mass is 10.2. The van der Waals surface area contributed by atoms with Crippen molar-refractivity contribution in [2.24, 2.45) is 0 Å². The number of ether oxygens (including phenoxy) is 1. The minimum absolute atomic E-state index is 0.451. The van der Waals surface area contributed by atoms with Crippen molar-refractivity contribution in [3.05, 3.63) is 30.5 Å². The first-order chi connectivity index (χ1) is 6.90. The molecule has 0 bridgehead atoms. The van der Waals surface area contributed by atoms with Gasteiger partial charge in [0.05, 0.1) is 0 Å². The Morgan fingerprint density at radius 1 is 1.36 bits per heavy atom. The topological polar surface area (TPSA) is 25.0 Å². The summed E-state index contributed by atoms with van der Waals surface area (Å²) in [6, 6.07) is 7.97. The average Bonchev–Trinajstić information content (AvgIpc) is 2.65. The van der Waals surface area contributed by atoms with Gasteiger partial charge in [-0.05, 0) is 31.2 Å². The van der Waals surface area contributed by atoms with Gasteiger partial charge in [0.2, 0.25) is 0 Å². The summed E-state index contributed by atoms with van der Waals surface area (Å²) in [5.41, 5.74) is 1.12. The minimum atomic E-state index is 0.451. The van der Waals surface area contributed by atoms with E-state index in [9.17, 15) is 0 Å². The van der Waals surface area contributed by atoms with Crippen molar-refractivity contribution in [2.75, 3.05) is 6.61 Å². The fraction of sp³-hybridized carbons (Fsp3) is 0.167. The predicted octanol–water partition coefficient (Wildman–Crippen LogP) is 2.57. The van der Waals surface area contributed by atoms with Gasteiger partial charge >= 0.3 is 0 Å². The highest BCUT2D eigenvalue weighted by Crippen LogP contribution is 2.19. The molecule has 2 aromatic rings. The standard InChI is InChI=1S/C12H11NO/c1-2-3-8-14-11-4-5-12-10(9-11)6-7-13-12/h4-7,9,13H,8H2,1H3. The van der Waals surface area contributed by atoms with Crippen molar-refractivity contribution in [3.63, 3.8) is 0 Å². The molecular weight excluding hydrogens is 174 g/mol. The van der Waals surface area contributed by atoms with Crippen LogP contribution in [0, 0.1) is 11.8 Å². The van der Waals surface area contributed by atoms with E-state index in [1.165, 1.54) is 0 Å². The molecule has 0 aliphatic carbocycles. The summed E-state index contributed by atoms with van der Waals surface area (Å²) in [7, 11) is 0. The van der Waals surface area contributed by atoms with E-state index in [4.69, 9.17) is 4.74 Å². The number of benzene rings is 1. The smallest absolute Gasteiger partial charge is 0.149 e. The van der Waals surface area contributed by atoms with Gasteiger partial charge < -0.3 is 9.72 Å². The number of aromatic amines is 1. The first-order valence-electron chi connectivity index (χ1n) is 4.50. The largest absolute Gasteiger partial charge is 0.481 e. The van der Waals surface area contributed by atoms with Crippen molar-refractivity contribution in [2.45, 2.75) is 6.92 Å². The molecule has 0 atom stereocenters. The highest BCUT2D eigenvalue weighted by Gasteiger charge is 1.96. The third-order valence-electron chi connectivity index (χ3n) is 2.01. The molecule has 14 heavy (non-hydrogen) atoms. The minimum Gasteiger partial charge on any atom is -0.481 e. The fourth-order valence-electron chi connectivity index (χ4n) is 1.31. The maximum atomic E-state index is 5.44. The monoisotopic (exact) mass is 185 g/mol. The van der Waals surface area contributed by atoms with Crippen LogP contribution in [0.1, 0.15) is 6.92 Å². The number of fused-ring (bicyclic) bond motifs is 1. The van der Waals surface area contributed by atoms with Crippen LogP contribution >= 0.6 is 0 Å². The Balaban J connectivity index is 2.20. The van der Waals surface area contributed by atoms with Crippen LogP contribution in [0.3, 0.4) is 0 Å². The molecule has 2 rings (SSSR count). The summed E-state index contributed by atoms with van der Waals surface area (Å²) in [5.74, 6) is 6.51. The van der Waals surface area contributed by atoms with Crippen molar-refractivity contribution in [3.8, 4) is 17.6 Å². The van der Waals surface area contributed by atoms with Gasteiger partial charge in [-0.1, -0.05) is 5.92 Å². The summed E-state index contributed by atoms with van der Waals surface area (Å²) < 4.78 is 5.44. The molecule has 0 unspecified atom stereocenters. The van der Waals surface area contributed by atoms with E-state index >= 15 is 0 Å². The van der Waals surface area contributed by atoms with Crippen molar-refractivity contribution in [1.29, 1.82) is 0 Å². The maximum Gasteiger partial charge on any atom is 0.149 e. The molecule has 70 valence electrons. The van der Waals surface area contributed by atoms with Crippen molar-refractivity contribution < 1.29 is 4.74 Å². The first-order valence-corrected chi connectivity index (χ1v) is 4.50. The van der Waals surface area contributed by atoms with Crippen LogP contribution in [0.2, 0.25) is 0 Å². The molecule has 0 saturated carbocycles. The Morgan fingerprint density at radius 3 is 3.14 bits per heavy atom. The van der Waals surface area contributed by atoms with E-state index in [1.54, 1.807) is 6.92 Å². The number of rotatable bonds is 2. The van der Waals surface area contributed by atoms with Crippen LogP contribution in [0.25, 0.3) is 10.9 Å². The molecule has 1 N–H and O–H groups in total. The molecule has 2 nitrogen and oxygen atoms in total. The third kappa shape index (κ3) is 1.72. The van der Waals surface area contributed by atoms with Gasteiger partial charge in [-0.25, -0.2) is 0 Å². The van der Waals surface area contributed by atoms with Crippen LogP contribution < -0.4 is 4.74 Å². The lowest BCUT2D eigenvalue weighted by molar-refractivity contribution is 0.371. The first kappa shape index (κ1) is 8.71. The second-order valence-corrected chi connectivity index (χ2v) is 2.94. The molecule has 1 heterocycles. The van der Waals surface area contributed by atoms with Gasteiger partial charge in [-0.2, -0.15) is 0 Å². The van der Waals surface area contributed by atoms with Crippen LogP contribution in [-0.4, -0.2) is 11.6 Å². The Bertz CT molecular complexity index is 487. The van der Waals surface area contributed by atoms with Crippen LogP contribution in [0.5, 0.6) is 5.75 Å². The highest BCUT2D eigenvalue weighted by atomic mass is 16.5. The summed E-state index contributed by atoms with van der Waals surface area (Å²) in [5, 5.41) is 1.16. The van der Waals surface area contributed by atoms with Gasteiger partial charge in [0.15, 0.2) is 0 Å². The van der Waals surface area contributed by atoms with Gasteiger partial charge in [0.25, 0.3) is 0 Å². The van der Waals surface area contributed by atoms with Crippen molar-refractivity contribution >= 4 is 10.9 Å². The second-order valence-electron chi connectivity index (χ2n) is 2.94. The molecule has 0 fully saturated rings. The predicted molar refractivity (Wildman–Crippen MR) is 57.2 cm³/mol. The van der Waals surface area contributed by atoms with Gasteiger partial charge in [-0.15, -0.1) is 5.92 Å². The molecular formula is C12H11NO. The van der Waals surface area contributed by atoms with E-state index in [1.807, 2.05) is 30.5 Å². The second kappa shape index (κ2) is 3.89. The summed E-state index contributed by atoms with van der Waals surface area (Å²) in [6.45, 7) is 2.26. The summed E-state index contributed by atoms with van der Waals surface area (Å²) in [4.78, 5) is 3.13. The van der Waals surface area contributed by atoms with E-state index in [0.717, 1.165) is 16.7 Å². The molecule has 0 saturated heterocycles. The molecule has 0 aliphatic heterocycles. The normalized spacial score (nSPS) is 9.50. The molecule has 0 amide bonds. The van der Waals surface area contributed by atoms with Gasteiger partial charge in [-0.3, -0.25) is 0 Å². The molecule has 1 aromatic carbocycles. The zero-order chi connectivity index (χ0) is 9.80. The van der Waals surface area contributed by atoms with E-state index in [-0.39, 0.29) is 0 Å². The summed E-state index contributed by atoms with van der Waals surface area (Å²) in [6.07, 6.45) is 1.92. The Labute approximate surface area is 82.9 Å². The number of hydrogen-bond donors (Lipinski definition) is 1. The van der Waals surface area contributed by atoms with Crippen LogP contribution in [-0.2, 0) is 0 Å². The fourth-order valence-corrected chi connectivity index (χ4v) is 1.31. The average molecular weight is 185 g/mol. The molecule has 1 aromatic heterocycles. The van der Waals surface area contributed by atoms with E-state index in [0.29, 0.717) is 6.61 Å². The SMILES string of the molecule is CC#CCOc1ccc2[nH]ccc2c1. The van der Waals surface area contributed by atoms with E-state index < -0.39 is 0 Å². The lowest BCUT2D eigenvalue weighted by Gasteiger charge is -2.01. The number of hydrogen-bond acceptors (Lipinski definition) is 1. The Hall–Kier alpha value is -1.88. The lowest BCUT2D eigenvalue weighted by Crippen LogP contribution is -1.92. The number of nitrogens with one attached hydrogen (secondary N) is 1. The van der Waals surface area contributed by atoms with Crippen molar-refractivity contribution in [1.82, 2.24) is 4.98 Å². The van der Waals surface area contributed by atoms with Gasteiger partial charge in [0.1, 0.15) is 12.4 Å². The summed E-state index contributed by atoms with van der Waals surface area (Å²) >= 11 is 0. The van der Waals surface area contributed by atoms with Crippen LogP contribution in [0.15, 0.2) is 30.5 Å². The van der Waals surface area contributed by atoms with Crippen LogP contribution in [0.4, 0.5) is 0 Å². The molecule has 0 radical (unpaired) electrons. The zero-order valence-corrected chi connectivity index (χ0v) is 8.00. The highest BCUT2D eigenvalue weighted by molar-refractivity contribution is 5.80. The Kier molecular flexibility index (Phi) is 2.42. The Morgan fingerprint density at radius 2 is 2.29 bits per heavy atom. The third-order valence-corrected chi connectivity index (χ3v) is 2.01. The zero-order valence-electron chi connectivity index (χ0n) is 8.00. The maximum absolute atomic E-state index is 5.44. The molecule has 0 aliphatic rings. The van der Waals surface area contributed by atoms with E-state index in [2.05, 4.69) is 16.8 Å². The number of H-pyrrole nitrogens is 1. The quantitative estimate of drug-likeness (QED) is 0.715. The molecule has 2 heteroatoms. The van der Waals surface area contributed by atoms with Gasteiger partial charge in [0, 0.05) is 17.1 Å².